The molecule has 3 aliphatic carbocycles. The van der Waals surface area contributed by atoms with Crippen molar-refractivity contribution in [3.8, 4) is 11.5 Å². The number of carbonyl (C=O) groups is 1. The summed E-state index contributed by atoms with van der Waals surface area (Å²) in [6.45, 7) is 16.4. The Morgan fingerprint density at radius 3 is 2.29 bits per heavy atom. The fraction of sp³-hybridized carbons (Fsp3) is 0.618. The number of carbonyl (C=O) groups excluding carboxylic acids is 1. The van der Waals surface area contributed by atoms with Gasteiger partial charge in [0.2, 0.25) is 0 Å². The second-order valence-corrected chi connectivity index (χ2v) is 15.4. The minimum Gasteiger partial charge on any atom is -0.780 e. The SMILES string of the molecule is CNC(Cc1ccc(OP(=O)([O-])[O-])cc1)C(=O)Oc1c(C)c(C)c2c(c1C)C[C@H]1C2(C)CCC2C(C)(C)CCC[C@@]21C. The van der Waals surface area contributed by atoms with E-state index in [9.17, 15) is 19.1 Å². The summed E-state index contributed by atoms with van der Waals surface area (Å²) in [5.74, 6) is 1.56. The molecule has 5 atom stereocenters. The molecule has 8 heteroatoms. The number of ether oxygens (including phenoxy) is 1. The monoisotopic (exact) mass is 595 g/mol. The van der Waals surface area contributed by atoms with E-state index in [1.807, 2.05) is 0 Å². The number of phosphoric ester groups is 1. The Morgan fingerprint density at radius 1 is 1.00 bits per heavy atom. The molecule has 7 nitrogen and oxygen atoms in total. The van der Waals surface area contributed by atoms with E-state index in [2.05, 4.69) is 58.3 Å². The number of hydrogen-bond acceptors (Lipinski definition) is 7. The molecule has 0 aromatic heterocycles. The largest absolute Gasteiger partial charge is 0.780 e. The van der Waals surface area contributed by atoms with Gasteiger partial charge in [0, 0.05) is 0 Å². The lowest BCUT2D eigenvalue weighted by Crippen LogP contribution is -2.55. The first-order valence-electron chi connectivity index (χ1n) is 15.3. The van der Waals surface area contributed by atoms with Gasteiger partial charge in [-0.3, -0.25) is 0 Å². The highest BCUT2D eigenvalue weighted by Crippen LogP contribution is 2.68. The maximum atomic E-state index is 13.5. The number of nitrogens with one attached hydrogen (secondary N) is 1. The summed E-state index contributed by atoms with van der Waals surface area (Å²) in [7, 11) is -3.41. The molecule has 2 saturated carbocycles. The van der Waals surface area contributed by atoms with Crippen molar-refractivity contribution in [3.05, 3.63) is 57.6 Å². The molecule has 0 aliphatic heterocycles. The summed E-state index contributed by atoms with van der Waals surface area (Å²) in [6, 6.07) is 5.49. The van der Waals surface area contributed by atoms with Crippen LogP contribution >= 0.6 is 7.82 Å². The van der Waals surface area contributed by atoms with Gasteiger partial charge in [0.15, 0.2) is 0 Å². The Bertz CT molecular complexity index is 1430. The zero-order valence-electron chi connectivity index (χ0n) is 26.4. The summed E-state index contributed by atoms with van der Waals surface area (Å²) in [4.78, 5) is 35.3. The van der Waals surface area contributed by atoms with Crippen LogP contribution in [0, 0.1) is 43.4 Å². The van der Waals surface area contributed by atoms with Crippen LogP contribution in [0.4, 0.5) is 0 Å². The number of hydrogen-bond donors (Lipinski definition) is 1. The Labute approximate surface area is 251 Å². The van der Waals surface area contributed by atoms with Gasteiger partial charge in [0.1, 0.15) is 25.4 Å². The van der Waals surface area contributed by atoms with Gasteiger partial charge in [-0.1, -0.05) is 46.2 Å². The topological polar surface area (TPSA) is 111 Å². The third-order valence-electron chi connectivity index (χ3n) is 11.6. The van der Waals surface area contributed by atoms with E-state index in [1.165, 1.54) is 60.9 Å². The van der Waals surface area contributed by atoms with Crippen molar-refractivity contribution < 1.29 is 28.4 Å². The van der Waals surface area contributed by atoms with Gasteiger partial charge in [-0.05, 0) is 140 Å². The summed E-state index contributed by atoms with van der Waals surface area (Å²) >= 11 is 0. The average Bonchev–Trinajstić information content (AvgIpc) is 3.22. The molecule has 2 aromatic rings. The quantitative estimate of drug-likeness (QED) is 0.252. The van der Waals surface area contributed by atoms with Crippen LogP contribution in [0.5, 0.6) is 11.5 Å². The van der Waals surface area contributed by atoms with Crippen LogP contribution in [0.3, 0.4) is 0 Å². The van der Waals surface area contributed by atoms with Gasteiger partial charge in [0.25, 0.3) is 0 Å². The summed E-state index contributed by atoms with van der Waals surface area (Å²) in [5, 5.41) is 3.07. The van der Waals surface area contributed by atoms with Crippen LogP contribution in [-0.4, -0.2) is 19.1 Å². The van der Waals surface area contributed by atoms with Gasteiger partial charge in [-0.2, -0.15) is 0 Å². The third-order valence-corrected chi connectivity index (χ3v) is 12.0. The van der Waals surface area contributed by atoms with Gasteiger partial charge in [0.05, 0.1) is 0 Å². The standard InChI is InChI=1S/C34H48NO6P/c1-20-21(2)30(40-31(36)26(35-8)18-23-10-12-24(13-11-23)41-42(37,38)39)22(3)25-19-28-33(6)16-9-15-32(4,5)27(33)14-17-34(28,7)29(20)25/h10-13,26-28,35H,9,14-19H2,1-8H3,(H2,37,38,39)/p-2/t26?,27?,28-,33+,34?/m1/s1. The van der Waals surface area contributed by atoms with Crippen LogP contribution in [0.1, 0.15) is 93.2 Å². The zero-order chi connectivity index (χ0) is 30.8. The molecular weight excluding hydrogens is 549 g/mol. The molecule has 42 heavy (non-hydrogen) atoms. The van der Waals surface area contributed by atoms with E-state index in [0.717, 1.165) is 29.0 Å². The molecule has 0 radical (unpaired) electrons. The van der Waals surface area contributed by atoms with Crippen molar-refractivity contribution in [2.24, 2.45) is 22.7 Å². The van der Waals surface area contributed by atoms with Crippen molar-refractivity contribution >= 4 is 13.8 Å². The van der Waals surface area contributed by atoms with Crippen LogP contribution in [0.2, 0.25) is 0 Å². The van der Waals surface area contributed by atoms with Crippen molar-refractivity contribution in [3.63, 3.8) is 0 Å². The number of likely N-dealkylation sites (N-methyl/N-ethyl adjacent to an activating group) is 1. The van der Waals surface area contributed by atoms with Gasteiger partial charge in [-0.15, -0.1) is 0 Å². The minimum atomic E-state index is -5.13. The lowest BCUT2D eigenvalue weighted by Gasteiger charge is -2.61. The molecule has 0 spiro atoms. The first kappa shape index (κ1) is 31.3. The Kier molecular flexibility index (Phi) is 8.01. The molecule has 0 heterocycles. The molecule has 0 bridgehead atoms. The molecule has 230 valence electrons. The second-order valence-electron chi connectivity index (χ2n) is 14.3. The summed E-state index contributed by atoms with van der Waals surface area (Å²) < 4.78 is 21.5. The van der Waals surface area contributed by atoms with E-state index in [-0.39, 0.29) is 17.1 Å². The van der Waals surface area contributed by atoms with Crippen molar-refractivity contribution in [2.75, 3.05) is 7.05 Å². The molecule has 2 fully saturated rings. The van der Waals surface area contributed by atoms with Crippen LogP contribution in [0.25, 0.3) is 0 Å². The van der Waals surface area contributed by atoms with E-state index in [0.29, 0.717) is 28.9 Å². The first-order valence-corrected chi connectivity index (χ1v) is 16.8. The lowest BCUT2D eigenvalue weighted by atomic mass is 9.43. The van der Waals surface area contributed by atoms with Gasteiger partial charge in [-0.25, -0.2) is 4.79 Å². The van der Waals surface area contributed by atoms with Gasteiger partial charge < -0.3 is 28.9 Å². The van der Waals surface area contributed by atoms with E-state index in [4.69, 9.17) is 4.74 Å². The predicted octanol–water partition coefficient (Wildman–Crippen LogP) is 5.61. The van der Waals surface area contributed by atoms with Crippen molar-refractivity contribution in [1.82, 2.24) is 5.32 Å². The Hall–Kier alpha value is -2.18. The third kappa shape index (κ3) is 5.25. The summed E-state index contributed by atoms with van der Waals surface area (Å²) in [5.41, 5.74) is 7.83. The number of esters is 1. The van der Waals surface area contributed by atoms with Gasteiger partial charge >= 0.3 is 5.97 Å². The maximum absolute atomic E-state index is 13.5. The maximum Gasteiger partial charge on any atom is 0.328 e. The lowest BCUT2D eigenvalue weighted by molar-refractivity contribution is -0.333. The highest BCUT2D eigenvalue weighted by molar-refractivity contribution is 7.43. The number of benzene rings is 2. The molecule has 3 aliphatic rings. The zero-order valence-corrected chi connectivity index (χ0v) is 27.3. The Balaban J connectivity index is 1.41. The molecule has 5 rings (SSSR count). The van der Waals surface area contributed by atoms with Crippen LogP contribution in [0.15, 0.2) is 24.3 Å². The van der Waals surface area contributed by atoms with E-state index < -0.39 is 13.9 Å². The summed E-state index contributed by atoms with van der Waals surface area (Å²) in [6.07, 6.45) is 7.75. The minimum absolute atomic E-state index is 0.0539. The number of fused-ring (bicyclic) bond motifs is 5. The van der Waals surface area contributed by atoms with Crippen LogP contribution < -0.4 is 24.4 Å². The van der Waals surface area contributed by atoms with E-state index in [1.54, 1.807) is 19.2 Å². The molecule has 2 aromatic carbocycles. The molecular formula is C34H46NO6P-2. The number of rotatable bonds is 7. The van der Waals surface area contributed by atoms with Crippen molar-refractivity contribution in [1.29, 1.82) is 0 Å². The number of phosphoric acid groups is 1. The second kappa shape index (κ2) is 10.8. The average molecular weight is 596 g/mol. The fourth-order valence-corrected chi connectivity index (χ4v) is 9.89. The predicted molar refractivity (Wildman–Crippen MR) is 161 cm³/mol. The molecule has 3 unspecified atom stereocenters. The highest BCUT2D eigenvalue weighted by Gasteiger charge is 2.61. The smallest absolute Gasteiger partial charge is 0.328 e. The molecule has 0 saturated heterocycles. The molecule has 0 amide bonds. The normalized spacial score (nSPS) is 28.8. The van der Waals surface area contributed by atoms with E-state index >= 15 is 0 Å². The van der Waals surface area contributed by atoms with Crippen LogP contribution in [-0.2, 0) is 27.6 Å². The molecule has 1 N–H and O–H groups in total. The van der Waals surface area contributed by atoms with Crippen molar-refractivity contribution in [2.45, 2.75) is 105 Å². The fourth-order valence-electron chi connectivity index (χ4n) is 9.51. The first-order chi connectivity index (χ1) is 19.5. The highest BCUT2D eigenvalue weighted by atomic mass is 31.2. The Morgan fingerprint density at radius 2 is 1.67 bits per heavy atom.